The van der Waals surface area contributed by atoms with Crippen molar-refractivity contribution in [2.24, 2.45) is 5.92 Å². The van der Waals surface area contributed by atoms with E-state index in [0.29, 0.717) is 36.5 Å². The maximum Gasteiger partial charge on any atom is 0.273 e. The number of aromatic hydroxyl groups is 1. The number of fused-ring (bicyclic) bond motifs is 4. The largest absolute Gasteiger partial charge is 0.508 e. The molecule has 4 saturated heterocycles. The van der Waals surface area contributed by atoms with Gasteiger partial charge in [0.1, 0.15) is 29.8 Å². The van der Waals surface area contributed by atoms with E-state index < -0.39 is 11.9 Å². The zero-order chi connectivity index (χ0) is 41.0. The maximum atomic E-state index is 13.3. The van der Waals surface area contributed by atoms with Crippen LogP contribution in [0.2, 0.25) is 0 Å². The van der Waals surface area contributed by atoms with Crippen molar-refractivity contribution in [3.8, 4) is 11.6 Å². The van der Waals surface area contributed by atoms with E-state index in [2.05, 4.69) is 85.7 Å². The van der Waals surface area contributed by atoms with Gasteiger partial charge in [-0.2, -0.15) is 0 Å². The van der Waals surface area contributed by atoms with E-state index >= 15 is 0 Å². The Bertz CT molecular complexity index is 2260. The van der Waals surface area contributed by atoms with Crippen molar-refractivity contribution in [1.82, 2.24) is 20.1 Å². The first-order valence-electron chi connectivity index (χ1n) is 21.8. The second kappa shape index (κ2) is 15.9. The molecule has 2 unspecified atom stereocenters. The molecule has 12 heteroatoms. The Labute approximate surface area is 351 Å². The number of nitrogens with one attached hydrogen (secondary N) is 1. The number of amides is 3. The number of hydrogen-bond acceptors (Lipinski definition) is 10. The summed E-state index contributed by atoms with van der Waals surface area (Å²) in [6.07, 6.45) is 5.68. The van der Waals surface area contributed by atoms with E-state index in [9.17, 15) is 19.5 Å². The Morgan fingerprint density at radius 2 is 1.73 bits per heavy atom. The number of piperidine rings is 2. The number of aryl methyl sites for hydroxylation is 1. The number of phenolic OH excluding ortho intramolecular Hbond substituents is 1. The Hall–Kier alpha value is -5.46. The number of carbonyl (C=O) groups excluding carboxylic acids is 3. The molecule has 0 saturated carbocycles. The van der Waals surface area contributed by atoms with Crippen molar-refractivity contribution in [2.45, 2.75) is 74.5 Å². The molecule has 1 spiro atoms. The van der Waals surface area contributed by atoms with Gasteiger partial charge in [0.15, 0.2) is 0 Å². The zero-order valence-corrected chi connectivity index (χ0v) is 34.3. The summed E-state index contributed by atoms with van der Waals surface area (Å²) in [7, 11) is 1.58. The first kappa shape index (κ1) is 38.7. The summed E-state index contributed by atoms with van der Waals surface area (Å²) < 4.78 is 12.8. The lowest BCUT2D eigenvalue weighted by molar-refractivity contribution is -0.136. The van der Waals surface area contributed by atoms with Crippen molar-refractivity contribution >= 4 is 29.1 Å². The Morgan fingerprint density at radius 1 is 0.917 bits per heavy atom. The zero-order valence-electron chi connectivity index (χ0n) is 34.3. The molecule has 10 rings (SSSR count). The predicted octanol–water partition coefficient (Wildman–Crippen LogP) is 5.49. The van der Waals surface area contributed by atoms with Crippen molar-refractivity contribution in [1.29, 1.82) is 0 Å². The molecule has 12 nitrogen and oxygen atoms in total. The summed E-state index contributed by atoms with van der Waals surface area (Å²) in [5, 5.41) is 12.6. The van der Waals surface area contributed by atoms with E-state index in [1.165, 1.54) is 32.8 Å². The SMILES string of the molecule is CN(C(=O)c1ccc2c(n1)OC[C@H]1CN(CC3COC4(CCN(c5ccc([C@@H]6c7ccc(O)cc7CC[C@@H]6c6ccccc6)cc5)CC4)C3)CCN21)C1CCC(=O)NC1=O. The third-order valence-electron chi connectivity index (χ3n) is 14.3. The molecule has 4 fully saturated rings. The van der Waals surface area contributed by atoms with Crippen LogP contribution in [0.25, 0.3) is 0 Å². The van der Waals surface area contributed by atoms with Gasteiger partial charge in [0.25, 0.3) is 5.91 Å². The van der Waals surface area contributed by atoms with Crippen molar-refractivity contribution in [3.63, 3.8) is 0 Å². The van der Waals surface area contributed by atoms with Crippen LogP contribution in [0.1, 0.15) is 83.1 Å². The molecule has 1 aromatic heterocycles. The third-order valence-corrected chi connectivity index (χ3v) is 14.3. The Balaban J connectivity index is 0.728. The number of hydrogen-bond donors (Lipinski definition) is 2. The Kier molecular flexibility index (Phi) is 10.2. The van der Waals surface area contributed by atoms with Gasteiger partial charge >= 0.3 is 0 Å². The van der Waals surface area contributed by atoms with Crippen LogP contribution in [-0.4, -0.2) is 115 Å². The van der Waals surface area contributed by atoms with Gasteiger partial charge in [-0.25, -0.2) is 4.98 Å². The fourth-order valence-electron chi connectivity index (χ4n) is 11.1. The van der Waals surface area contributed by atoms with Gasteiger partial charge < -0.3 is 29.3 Å². The summed E-state index contributed by atoms with van der Waals surface area (Å²) in [6.45, 7) is 6.95. The van der Waals surface area contributed by atoms with Crippen LogP contribution in [0, 0.1) is 5.92 Å². The fourth-order valence-corrected chi connectivity index (χ4v) is 11.1. The smallest absolute Gasteiger partial charge is 0.273 e. The van der Waals surface area contributed by atoms with Crippen LogP contribution in [0.4, 0.5) is 11.4 Å². The molecule has 4 aromatic rings. The van der Waals surface area contributed by atoms with Crippen LogP contribution >= 0.6 is 0 Å². The van der Waals surface area contributed by atoms with Crippen LogP contribution in [0.3, 0.4) is 0 Å². The molecule has 3 amide bonds. The number of aromatic nitrogens is 1. The fraction of sp³-hybridized carbons (Fsp3) is 0.458. The summed E-state index contributed by atoms with van der Waals surface area (Å²) in [5.41, 5.74) is 7.62. The first-order valence-corrected chi connectivity index (χ1v) is 21.8. The highest BCUT2D eigenvalue weighted by molar-refractivity contribution is 6.03. The normalized spacial score (nSPS) is 26.1. The summed E-state index contributed by atoms with van der Waals surface area (Å²) in [4.78, 5) is 50.7. The molecule has 6 aliphatic rings. The van der Waals surface area contributed by atoms with Crippen LogP contribution in [-0.2, 0) is 20.7 Å². The lowest BCUT2D eigenvalue weighted by Gasteiger charge is -2.45. The van der Waals surface area contributed by atoms with Gasteiger partial charge in [-0.15, -0.1) is 0 Å². The quantitative estimate of drug-likeness (QED) is 0.232. The van der Waals surface area contributed by atoms with Crippen molar-refractivity contribution in [3.05, 3.63) is 113 Å². The third kappa shape index (κ3) is 7.38. The molecule has 3 aromatic carbocycles. The number of carbonyl (C=O) groups is 3. The lowest BCUT2D eigenvalue weighted by atomic mass is 9.69. The molecule has 6 heterocycles. The van der Waals surface area contributed by atoms with Gasteiger partial charge in [0.2, 0.25) is 17.7 Å². The molecular weight excluding hydrogens is 757 g/mol. The highest BCUT2D eigenvalue weighted by atomic mass is 16.5. The average molecular weight is 811 g/mol. The Morgan fingerprint density at radius 3 is 2.53 bits per heavy atom. The minimum Gasteiger partial charge on any atom is -0.508 e. The second-order valence-electron chi connectivity index (χ2n) is 17.9. The number of ether oxygens (including phenoxy) is 2. The maximum absolute atomic E-state index is 13.3. The number of rotatable bonds is 7. The molecule has 60 heavy (non-hydrogen) atoms. The van der Waals surface area contributed by atoms with E-state index in [0.717, 1.165) is 83.7 Å². The molecule has 5 aliphatic heterocycles. The molecule has 1 aliphatic carbocycles. The molecule has 5 atom stereocenters. The number of pyridine rings is 1. The van der Waals surface area contributed by atoms with E-state index in [1.54, 1.807) is 13.1 Å². The summed E-state index contributed by atoms with van der Waals surface area (Å²) in [5.74, 6) is 0.777. The first-order chi connectivity index (χ1) is 29.2. The number of anilines is 2. The predicted molar refractivity (Wildman–Crippen MR) is 228 cm³/mol. The van der Waals surface area contributed by atoms with Crippen molar-refractivity contribution in [2.75, 3.05) is 69.3 Å². The van der Waals surface area contributed by atoms with Crippen LogP contribution in [0.5, 0.6) is 11.6 Å². The van der Waals surface area contributed by atoms with E-state index in [-0.39, 0.29) is 41.5 Å². The number of benzene rings is 3. The van der Waals surface area contributed by atoms with E-state index in [1.807, 2.05) is 18.2 Å². The van der Waals surface area contributed by atoms with Gasteiger partial charge in [-0.1, -0.05) is 48.5 Å². The number of likely N-dealkylation sites (N-methyl/N-ethyl adjacent to an activating group) is 1. The van der Waals surface area contributed by atoms with Gasteiger partial charge in [0, 0.05) is 64.3 Å². The number of piperazine rings is 1. The molecule has 2 N–H and O–H groups in total. The van der Waals surface area contributed by atoms with Gasteiger partial charge in [0.05, 0.1) is 18.2 Å². The summed E-state index contributed by atoms with van der Waals surface area (Å²) >= 11 is 0. The van der Waals surface area contributed by atoms with E-state index in [4.69, 9.17) is 9.47 Å². The standard InChI is InChI=1S/C48H54N6O6/c1-51(41-17-18-43(56)50-45(41)57)47(58)40-15-16-42-46(49-40)59-30-36-28-52(23-24-54(36)42)27-31-26-48(60-29-31)19-21-53(22-20-48)35-10-7-33(8-11-35)44-38(32-5-3-2-4-6-32)13-9-34-25-37(55)12-14-39(34)44/h2-8,10-12,14-16,25,31,36,38,41,44,55H,9,13,17-24,26-30H2,1H3,(H,50,56,57)/t31?,36-,38-,41?,44+/m1/s1. The van der Waals surface area contributed by atoms with Gasteiger partial charge in [-0.3, -0.25) is 24.6 Å². The lowest BCUT2D eigenvalue weighted by Crippen LogP contribution is -2.58. The topological polar surface area (TPSA) is 128 Å². The van der Waals surface area contributed by atoms with Gasteiger partial charge in [-0.05, 0) is 109 Å². The minimum atomic E-state index is -0.707. The molecular formula is C48H54N6O6. The monoisotopic (exact) mass is 810 g/mol. The second-order valence-corrected chi connectivity index (χ2v) is 17.9. The number of phenols is 1. The number of imide groups is 1. The molecule has 312 valence electrons. The summed E-state index contributed by atoms with van der Waals surface area (Å²) in [6, 6.07) is 29.2. The highest BCUT2D eigenvalue weighted by Gasteiger charge is 2.44. The molecule has 0 bridgehead atoms. The van der Waals surface area contributed by atoms with Crippen LogP contribution < -0.4 is 19.9 Å². The minimum absolute atomic E-state index is 0.0524. The van der Waals surface area contributed by atoms with Crippen molar-refractivity contribution < 1.29 is 29.0 Å². The number of nitrogens with zero attached hydrogens (tertiary/aromatic N) is 5. The van der Waals surface area contributed by atoms with Crippen LogP contribution in [0.15, 0.2) is 84.9 Å². The average Bonchev–Trinajstić information content (AvgIpc) is 3.66. The molecule has 0 radical (unpaired) electrons. The highest BCUT2D eigenvalue weighted by Crippen LogP contribution is 2.48.